The minimum Gasteiger partial charge on any atom is -0.493 e. The van der Waals surface area contributed by atoms with E-state index in [-0.39, 0.29) is 16.5 Å². The molecule has 69 heavy (non-hydrogen) atoms. The smallest absolute Gasteiger partial charge is 0.493 e. The van der Waals surface area contributed by atoms with Gasteiger partial charge in [-0.3, -0.25) is 0 Å². The van der Waals surface area contributed by atoms with Gasteiger partial charge in [0.2, 0.25) is 11.4 Å². The zero-order chi connectivity index (χ0) is 49.4. The summed E-state index contributed by atoms with van der Waals surface area (Å²) in [5, 5.41) is 0. The van der Waals surface area contributed by atoms with Crippen LogP contribution in [0.3, 0.4) is 0 Å². The van der Waals surface area contributed by atoms with E-state index in [1.165, 1.54) is 151 Å². The molecule has 0 N–H and O–H groups in total. The molecule has 4 aromatic carbocycles. The van der Waals surface area contributed by atoms with Crippen molar-refractivity contribution in [3.8, 4) is 0 Å². The number of unbranched alkanes of at least 4 members (excludes halogenated alkanes) is 12. The number of hydrogen-bond donors (Lipinski definition) is 0. The van der Waals surface area contributed by atoms with Crippen molar-refractivity contribution >= 4 is 11.4 Å². The van der Waals surface area contributed by atoms with Crippen LogP contribution in [-0.2, 0) is 55.0 Å². The molecule has 0 unspecified atom stereocenters. The average Bonchev–Trinajstić information content (AvgIpc) is 3.62. The Hall–Kier alpha value is -3.81. The van der Waals surface area contributed by atoms with E-state index in [0.29, 0.717) is 0 Å². The summed E-state index contributed by atoms with van der Waals surface area (Å²) in [5.74, 6) is 0. The van der Waals surface area contributed by atoms with Crippen molar-refractivity contribution in [2.45, 2.75) is 235 Å². The quantitative estimate of drug-likeness (QED) is 0.0215. The molecule has 382 valence electrons. The van der Waals surface area contributed by atoms with Crippen LogP contribution >= 0.6 is 0 Å². The van der Waals surface area contributed by atoms with Crippen LogP contribution in [0.1, 0.15) is 252 Å². The topological polar surface area (TPSA) is 25.3 Å². The van der Waals surface area contributed by atoms with Crippen LogP contribution in [-0.4, -0.2) is 4.70 Å². The Bertz CT molecular complexity index is 1960. The van der Waals surface area contributed by atoms with E-state index in [2.05, 4.69) is 93.5 Å². The normalized spacial score (nSPS) is 12.1. The molecule has 0 amide bonds. The average molecular weight is 978 g/mol. The maximum Gasteiger partial charge on any atom is 2.00 e. The standard InChI is InChI=1S/C52H84N2.2C7H7.Ni/c1-9-17-25-31-43-39-46(40-44(32-26-18-10-2)48(43)35-27-19-11-3)52-50(36-28-20-12-4)49(34-24-16-8)51(54(52)53)45-37-41(29-21-13-5)47(33-23-15-7)42(38-45)30-22-14-6;2*1-7-5-3-2-4-6-7;/h37-40H,9-36H2,1-8H3;2*2-6H,1H2;/q;2*-1;+2. The Morgan fingerprint density at radius 3 is 0.928 bits per heavy atom. The Morgan fingerprint density at radius 1 is 0.348 bits per heavy atom. The summed E-state index contributed by atoms with van der Waals surface area (Å²) < 4.78 is 1.72. The molecular formula is C66H98N2Ni. The van der Waals surface area contributed by atoms with Crippen molar-refractivity contribution in [2.24, 2.45) is 0 Å². The Balaban J connectivity index is 0.000000924. The van der Waals surface area contributed by atoms with Gasteiger partial charge in [-0.15, -0.1) is 24.3 Å². The molecule has 0 aliphatic carbocycles. The van der Waals surface area contributed by atoms with Crippen LogP contribution in [0, 0.1) is 13.8 Å². The second-order valence-electron chi connectivity index (χ2n) is 19.7. The van der Waals surface area contributed by atoms with Crippen LogP contribution < -0.4 is 0 Å². The fourth-order valence-corrected chi connectivity index (χ4v) is 9.82. The van der Waals surface area contributed by atoms with Crippen molar-refractivity contribution in [1.82, 2.24) is 0 Å². The molecule has 0 fully saturated rings. The largest absolute Gasteiger partial charge is 2.00 e. The molecule has 0 bridgehead atoms. The minimum atomic E-state index is 0. The van der Waals surface area contributed by atoms with Gasteiger partial charge in [0, 0.05) is 22.3 Å². The molecule has 0 spiro atoms. The molecule has 0 saturated carbocycles. The van der Waals surface area contributed by atoms with Crippen LogP contribution in [0.4, 0.5) is 0 Å². The van der Waals surface area contributed by atoms with Crippen molar-refractivity contribution in [2.75, 3.05) is 0 Å². The predicted octanol–water partition coefficient (Wildman–Crippen LogP) is 20.6. The Labute approximate surface area is 436 Å². The molecule has 1 aliphatic heterocycles. The summed E-state index contributed by atoms with van der Waals surface area (Å²) in [6.07, 6.45) is 33.7. The van der Waals surface area contributed by atoms with E-state index in [4.69, 9.17) is 0 Å². The molecule has 1 heterocycles. The maximum absolute atomic E-state index is 12.9. The third kappa shape index (κ3) is 21.2. The van der Waals surface area contributed by atoms with E-state index in [1.807, 2.05) is 60.7 Å². The third-order valence-corrected chi connectivity index (χ3v) is 13.8. The first-order chi connectivity index (χ1) is 33.2. The number of benzene rings is 4. The van der Waals surface area contributed by atoms with Crippen molar-refractivity contribution in [3.63, 3.8) is 0 Å². The first-order valence-electron chi connectivity index (χ1n) is 28.2. The Morgan fingerprint density at radius 2 is 0.609 bits per heavy atom. The summed E-state index contributed by atoms with van der Waals surface area (Å²) >= 11 is 0. The van der Waals surface area contributed by atoms with Gasteiger partial charge in [0.25, 0.3) is 0 Å². The van der Waals surface area contributed by atoms with Gasteiger partial charge < -0.3 is 5.53 Å². The number of rotatable bonds is 30. The van der Waals surface area contributed by atoms with Gasteiger partial charge in [-0.25, -0.2) is 4.70 Å². The van der Waals surface area contributed by atoms with Crippen LogP contribution in [0.2, 0.25) is 0 Å². The molecule has 0 radical (unpaired) electrons. The number of allylic oxidation sites excluding steroid dienone is 2. The number of nitrogens with zero attached hydrogens (tertiary/aromatic N) is 2. The zero-order valence-electron chi connectivity index (χ0n) is 45.5. The predicted molar refractivity (Wildman–Crippen MR) is 301 cm³/mol. The minimum absolute atomic E-state index is 0. The number of aryl methyl sites for hydroxylation is 4. The summed E-state index contributed by atoms with van der Waals surface area (Å²) in [6.45, 7) is 26.0. The van der Waals surface area contributed by atoms with Gasteiger partial charge in [-0.05, 0) is 160 Å². The van der Waals surface area contributed by atoms with Gasteiger partial charge in [0.05, 0.1) is 0 Å². The molecule has 1 aliphatic rings. The molecule has 0 aromatic heterocycles. The molecule has 0 atom stereocenters. The van der Waals surface area contributed by atoms with Gasteiger partial charge in [0.1, 0.15) is 0 Å². The van der Waals surface area contributed by atoms with E-state index >= 15 is 0 Å². The van der Waals surface area contributed by atoms with E-state index in [1.54, 1.807) is 38.1 Å². The molecule has 0 saturated heterocycles. The SMILES string of the molecule is CCCCCC1=C(c2cc(CCCCC)c(CCCCC)c(CCCCC)c2)[N+](=[N-])C(c2cc(CCCC)c(CCCC)c(CCCC)c2)=C1CCCC.[CH2-]c1ccccc1.[CH2-]c1ccccc1.[Ni+2]. The van der Waals surface area contributed by atoms with E-state index in [0.717, 1.165) is 73.9 Å². The first-order valence-corrected chi connectivity index (χ1v) is 28.2. The van der Waals surface area contributed by atoms with E-state index in [9.17, 15) is 5.53 Å². The fraction of sp³-hybridized carbons (Fsp3) is 0.545. The van der Waals surface area contributed by atoms with E-state index < -0.39 is 0 Å². The summed E-state index contributed by atoms with van der Waals surface area (Å²) in [6, 6.07) is 29.9. The molecule has 4 aromatic rings. The molecule has 5 rings (SSSR count). The zero-order valence-corrected chi connectivity index (χ0v) is 46.5. The molecular weight excluding hydrogens is 879 g/mol. The molecule has 3 heteroatoms. The number of hydrogen-bond acceptors (Lipinski definition) is 0. The van der Waals surface area contributed by atoms with Crippen LogP contribution in [0.25, 0.3) is 16.9 Å². The van der Waals surface area contributed by atoms with Gasteiger partial charge >= 0.3 is 16.5 Å². The second kappa shape index (κ2) is 37.0. The van der Waals surface area contributed by atoms with Gasteiger partial charge in [-0.1, -0.05) is 145 Å². The van der Waals surface area contributed by atoms with Crippen molar-refractivity contribution < 1.29 is 21.2 Å². The summed E-state index contributed by atoms with van der Waals surface area (Å²) in [7, 11) is 0. The monoisotopic (exact) mass is 977 g/mol. The first kappa shape index (κ1) is 61.3. The summed E-state index contributed by atoms with van der Waals surface area (Å²) in [5.41, 5.74) is 32.0. The third-order valence-electron chi connectivity index (χ3n) is 13.8. The van der Waals surface area contributed by atoms with Crippen molar-refractivity contribution in [3.05, 3.63) is 171 Å². The van der Waals surface area contributed by atoms with Gasteiger partial charge in [-0.2, -0.15) is 49.2 Å². The van der Waals surface area contributed by atoms with Gasteiger partial charge in [0.15, 0.2) is 0 Å². The van der Waals surface area contributed by atoms with Crippen LogP contribution in [0.15, 0.2) is 96.1 Å². The summed E-state index contributed by atoms with van der Waals surface area (Å²) in [4.78, 5) is 0. The molecule has 2 nitrogen and oxygen atoms in total. The maximum atomic E-state index is 12.9. The van der Waals surface area contributed by atoms with Crippen LogP contribution in [0.5, 0.6) is 0 Å². The second-order valence-corrected chi connectivity index (χ2v) is 19.7. The Kier molecular flexibility index (Phi) is 32.9. The fourth-order valence-electron chi connectivity index (χ4n) is 9.82. The van der Waals surface area contributed by atoms with Crippen molar-refractivity contribution in [1.29, 1.82) is 0 Å².